The third-order valence-corrected chi connectivity index (χ3v) is 5.69. The number of carbonyl (C=O) groups is 2. The first-order valence-corrected chi connectivity index (χ1v) is 9.07. The van der Waals surface area contributed by atoms with Crippen molar-refractivity contribution in [1.82, 2.24) is 10.2 Å². The molecule has 0 radical (unpaired) electrons. The SMILES string of the molecule is Cc1ccccc1CNC(=O)[C@@H]1CCC(=O)N(C)[C@@H]1c1cccs1. The van der Waals surface area contributed by atoms with Crippen LogP contribution in [0.15, 0.2) is 41.8 Å². The molecule has 2 heterocycles. The van der Waals surface area contributed by atoms with E-state index in [0.29, 0.717) is 19.4 Å². The molecule has 1 saturated heterocycles. The molecule has 24 heavy (non-hydrogen) atoms. The van der Waals surface area contributed by atoms with Crippen molar-refractivity contribution in [3.63, 3.8) is 0 Å². The molecule has 1 aliphatic heterocycles. The van der Waals surface area contributed by atoms with Gasteiger partial charge in [-0.25, -0.2) is 0 Å². The second-order valence-electron chi connectivity index (χ2n) is 6.25. The molecule has 0 saturated carbocycles. The Morgan fingerprint density at radius 2 is 2.08 bits per heavy atom. The Kier molecular flexibility index (Phi) is 5.00. The topological polar surface area (TPSA) is 49.4 Å². The molecule has 2 amide bonds. The fourth-order valence-corrected chi connectivity index (χ4v) is 4.22. The summed E-state index contributed by atoms with van der Waals surface area (Å²) in [6, 6.07) is 11.9. The lowest BCUT2D eigenvalue weighted by molar-refractivity contribution is -0.141. The highest BCUT2D eigenvalue weighted by molar-refractivity contribution is 7.10. The fourth-order valence-electron chi connectivity index (χ4n) is 3.28. The molecule has 1 aromatic heterocycles. The number of amides is 2. The van der Waals surface area contributed by atoms with E-state index in [0.717, 1.165) is 10.4 Å². The van der Waals surface area contributed by atoms with Crippen LogP contribution in [0.2, 0.25) is 0 Å². The number of hydrogen-bond acceptors (Lipinski definition) is 3. The Labute approximate surface area is 146 Å². The first kappa shape index (κ1) is 16.7. The Bertz CT molecular complexity index is 727. The molecule has 1 fully saturated rings. The molecule has 1 aliphatic rings. The van der Waals surface area contributed by atoms with Crippen LogP contribution in [-0.4, -0.2) is 23.8 Å². The smallest absolute Gasteiger partial charge is 0.225 e. The third kappa shape index (κ3) is 3.36. The zero-order valence-electron chi connectivity index (χ0n) is 14.0. The zero-order valence-corrected chi connectivity index (χ0v) is 14.8. The van der Waals surface area contributed by atoms with E-state index in [2.05, 4.69) is 5.32 Å². The van der Waals surface area contributed by atoms with Gasteiger partial charge >= 0.3 is 0 Å². The lowest BCUT2D eigenvalue weighted by atomic mass is 9.87. The first-order chi connectivity index (χ1) is 11.6. The number of piperidine rings is 1. The summed E-state index contributed by atoms with van der Waals surface area (Å²) in [5, 5.41) is 5.06. The minimum absolute atomic E-state index is 0.0241. The number of benzene rings is 1. The second-order valence-corrected chi connectivity index (χ2v) is 7.23. The Balaban J connectivity index is 1.74. The van der Waals surface area contributed by atoms with Gasteiger partial charge in [0.15, 0.2) is 0 Å². The van der Waals surface area contributed by atoms with Gasteiger partial charge < -0.3 is 10.2 Å². The van der Waals surface area contributed by atoms with Gasteiger partial charge in [-0.05, 0) is 35.9 Å². The number of likely N-dealkylation sites (tertiary alicyclic amines) is 1. The van der Waals surface area contributed by atoms with E-state index in [4.69, 9.17) is 0 Å². The maximum Gasteiger partial charge on any atom is 0.225 e. The van der Waals surface area contributed by atoms with Crippen molar-refractivity contribution in [3.05, 3.63) is 57.8 Å². The standard InChI is InChI=1S/C19H22N2O2S/c1-13-6-3-4-7-14(13)12-20-19(23)15-9-10-17(22)21(2)18(15)16-8-5-11-24-16/h3-8,11,15,18H,9-10,12H2,1-2H3,(H,20,23)/t15-,18+/m1/s1. The lowest BCUT2D eigenvalue weighted by Crippen LogP contribution is -2.46. The van der Waals surface area contributed by atoms with Crippen LogP contribution < -0.4 is 5.32 Å². The Hall–Kier alpha value is -2.14. The first-order valence-electron chi connectivity index (χ1n) is 8.19. The van der Waals surface area contributed by atoms with E-state index in [-0.39, 0.29) is 23.8 Å². The van der Waals surface area contributed by atoms with Crippen molar-refractivity contribution < 1.29 is 9.59 Å². The predicted octanol–water partition coefficient (Wildman–Crippen LogP) is 3.28. The lowest BCUT2D eigenvalue weighted by Gasteiger charge is -2.37. The van der Waals surface area contributed by atoms with Crippen molar-refractivity contribution in [1.29, 1.82) is 0 Å². The summed E-state index contributed by atoms with van der Waals surface area (Å²) in [4.78, 5) is 27.7. The molecule has 4 nitrogen and oxygen atoms in total. The molecule has 1 N–H and O–H groups in total. The summed E-state index contributed by atoms with van der Waals surface area (Å²) in [6.07, 6.45) is 1.03. The molecule has 5 heteroatoms. The van der Waals surface area contributed by atoms with Gasteiger partial charge in [0.25, 0.3) is 0 Å². The average Bonchev–Trinajstić information content (AvgIpc) is 3.10. The highest BCUT2D eigenvalue weighted by atomic mass is 32.1. The molecule has 2 aromatic rings. The Morgan fingerprint density at radius 1 is 1.29 bits per heavy atom. The molecule has 0 bridgehead atoms. The number of thiophene rings is 1. The highest BCUT2D eigenvalue weighted by Crippen LogP contribution is 2.37. The predicted molar refractivity (Wildman–Crippen MR) is 95.6 cm³/mol. The number of rotatable bonds is 4. The summed E-state index contributed by atoms with van der Waals surface area (Å²) in [6.45, 7) is 2.57. The third-order valence-electron chi connectivity index (χ3n) is 4.75. The number of carbonyl (C=O) groups excluding carboxylic acids is 2. The van der Waals surface area contributed by atoms with Gasteiger partial charge in [-0.15, -0.1) is 11.3 Å². The van der Waals surface area contributed by atoms with E-state index >= 15 is 0 Å². The Morgan fingerprint density at radius 3 is 2.79 bits per heavy atom. The van der Waals surface area contributed by atoms with Gasteiger partial charge in [0, 0.05) is 24.9 Å². The van der Waals surface area contributed by atoms with Gasteiger partial charge in [0.05, 0.1) is 12.0 Å². The highest BCUT2D eigenvalue weighted by Gasteiger charge is 2.39. The minimum Gasteiger partial charge on any atom is -0.352 e. The van der Waals surface area contributed by atoms with Crippen molar-refractivity contribution in [2.75, 3.05) is 7.05 Å². The van der Waals surface area contributed by atoms with Crippen molar-refractivity contribution in [2.45, 2.75) is 32.4 Å². The van der Waals surface area contributed by atoms with Crippen LogP contribution in [0.3, 0.4) is 0 Å². The number of aryl methyl sites for hydroxylation is 1. The largest absolute Gasteiger partial charge is 0.352 e. The minimum atomic E-state index is -0.199. The summed E-state index contributed by atoms with van der Waals surface area (Å²) in [7, 11) is 1.80. The maximum absolute atomic E-state index is 12.8. The summed E-state index contributed by atoms with van der Waals surface area (Å²) < 4.78 is 0. The van der Waals surface area contributed by atoms with E-state index in [1.165, 1.54) is 5.56 Å². The number of nitrogens with one attached hydrogen (secondary N) is 1. The van der Waals surface area contributed by atoms with Crippen LogP contribution in [0.1, 0.15) is 34.9 Å². The van der Waals surface area contributed by atoms with Crippen LogP contribution in [-0.2, 0) is 16.1 Å². The van der Waals surface area contributed by atoms with Gasteiger partial charge in [0.2, 0.25) is 11.8 Å². The van der Waals surface area contributed by atoms with Crippen molar-refractivity contribution in [3.8, 4) is 0 Å². The molecule has 0 unspecified atom stereocenters. The van der Waals surface area contributed by atoms with Crippen LogP contribution in [0, 0.1) is 12.8 Å². The second kappa shape index (κ2) is 7.18. The molecular weight excluding hydrogens is 320 g/mol. The number of nitrogens with zero attached hydrogens (tertiary/aromatic N) is 1. The normalized spacial score (nSPS) is 20.9. The van der Waals surface area contributed by atoms with Crippen LogP contribution >= 0.6 is 11.3 Å². The van der Waals surface area contributed by atoms with Gasteiger partial charge in [-0.3, -0.25) is 9.59 Å². The molecule has 2 atom stereocenters. The quantitative estimate of drug-likeness (QED) is 0.927. The van der Waals surface area contributed by atoms with Crippen molar-refractivity contribution in [2.24, 2.45) is 5.92 Å². The van der Waals surface area contributed by atoms with E-state index in [9.17, 15) is 9.59 Å². The van der Waals surface area contributed by atoms with Gasteiger partial charge in [0.1, 0.15) is 0 Å². The van der Waals surface area contributed by atoms with Gasteiger partial charge in [-0.1, -0.05) is 30.3 Å². The monoisotopic (exact) mass is 342 g/mol. The molecule has 1 aromatic carbocycles. The van der Waals surface area contributed by atoms with Crippen molar-refractivity contribution >= 4 is 23.2 Å². The van der Waals surface area contributed by atoms with E-state index in [1.54, 1.807) is 23.3 Å². The summed E-state index contributed by atoms with van der Waals surface area (Å²) in [5.41, 5.74) is 2.29. The summed E-state index contributed by atoms with van der Waals surface area (Å²) >= 11 is 1.60. The molecular formula is C19H22N2O2S. The van der Waals surface area contributed by atoms with Gasteiger partial charge in [-0.2, -0.15) is 0 Å². The molecule has 0 aliphatic carbocycles. The average molecular weight is 342 g/mol. The fraction of sp³-hybridized carbons (Fsp3) is 0.368. The van der Waals surface area contributed by atoms with E-state index in [1.807, 2.05) is 48.7 Å². The number of hydrogen-bond donors (Lipinski definition) is 1. The van der Waals surface area contributed by atoms with Crippen LogP contribution in [0.5, 0.6) is 0 Å². The van der Waals surface area contributed by atoms with E-state index < -0.39 is 0 Å². The molecule has 126 valence electrons. The van der Waals surface area contributed by atoms with Crippen LogP contribution in [0.25, 0.3) is 0 Å². The molecule has 3 rings (SSSR count). The summed E-state index contributed by atoms with van der Waals surface area (Å²) in [5.74, 6) is -0.0669. The van der Waals surface area contributed by atoms with Crippen LogP contribution in [0.4, 0.5) is 0 Å². The zero-order chi connectivity index (χ0) is 17.1. The molecule has 0 spiro atoms. The maximum atomic E-state index is 12.8.